The van der Waals surface area contributed by atoms with Crippen LogP contribution in [0.25, 0.3) is 0 Å². The fourth-order valence-electron chi connectivity index (χ4n) is 3.54. The molecule has 0 bridgehead atoms. The van der Waals surface area contributed by atoms with Gasteiger partial charge < -0.3 is 9.80 Å². The lowest BCUT2D eigenvalue weighted by molar-refractivity contribution is -0.143. The number of halogens is 9. The normalized spacial score (nSPS) is 14.3. The van der Waals surface area contributed by atoms with Gasteiger partial charge in [-0.3, -0.25) is 4.79 Å². The Morgan fingerprint density at radius 1 is 1.00 bits per heavy atom. The van der Waals surface area contributed by atoms with Gasteiger partial charge in [-0.15, -0.1) is 0 Å². The first-order chi connectivity index (χ1) is 15.2. The van der Waals surface area contributed by atoms with Crippen molar-refractivity contribution in [2.45, 2.75) is 32.1 Å². The maximum absolute atomic E-state index is 14.3. The van der Waals surface area contributed by atoms with Crippen molar-refractivity contribution in [1.29, 1.82) is 0 Å². The largest absolute Gasteiger partial charge is 0.416 e. The molecule has 2 aromatic rings. The minimum Gasteiger partial charge on any atom is -0.371 e. The van der Waals surface area contributed by atoms with Gasteiger partial charge in [-0.2, -0.15) is 26.3 Å². The second-order valence-electron chi connectivity index (χ2n) is 7.39. The van der Waals surface area contributed by atoms with Crippen molar-refractivity contribution >= 4 is 28.9 Å². The van der Waals surface area contributed by atoms with Crippen molar-refractivity contribution in [3.05, 3.63) is 57.6 Å². The lowest BCUT2D eigenvalue weighted by Crippen LogP contribution is -2.39. The van der Waals surface area contributed by atoms with Gasteiger partial charge in [0.05, 0.1) is 28.3 Å². The van der Waals surface area contributed by atoms with Crippen LogP contribution in [0, 0.1) is 11.6 Å². The average molecular weight is 501 g/mol. The van der Waals surface area contributed by atoms with Crippen LogP contribution in [0.1, 0.15) is 30.0 Å². The molecule has 0 aromatic heterocycles. The molecule has 1 amide bonds. The van der Waals surface area contributed by atoms with E-state index in [0.29, 0.717) is 18.6 Å². The Balaban J connectivity index is 2.11. The molecule has 3 nitrogen and oxygen atoms in total. The van der Waals surface area contributed by atoms with E-state index in [2.05, 4.69) is 0 Å². The Hall–Kier alpha value is -2.56. The van der Waals surface area contributed by atoms with Crippen LogP contribution < -0.4 is 9.80 Å². The van der Waals surface area contributed by atoms with Crippen LogP contribution in [0.4, 0.5) is 46.5 Å². The van der Waals surface area contributed by atoms with E-state index in [9.17, 15) is 39.9 Å². The van der Waals surface area contributed by atoms with Gasteiger partial charge in [0.25, 0.3) is 0 Å². The number of likely N-dealkylation sites (N-methyl/N-ethyl adjacent to an activating group) is 1. The maximum atomic E-state index is 14.3. The van der Waals surface area contributed by atoms with Crippen molar-refractivity contribution < 1.29 is 39.9 Å². The molecule has 1 fully saturated rings. The Morgan fingerprint density at radius 3 is 2.12 bits per heavy atom. The average Bonchev–Trinajstić information content (AvgIpc) is 2.64. The van der Waals surface area contributed by atoms with E-state index in [-0.39, 0.29) is 31.4 Å². The summed E-state index contributed by atoms with van der Waals surface area (Å²) in [4.78, 5) is 15.0. The molecule has 0 saturated carbocycles. The van der Waals surface area contributed by atoms with E-state index in [1.54, 1.807) is 0 Å². The zero-order valence-corrected chi connectivity index (χ0v) is 17.8. The number of hydrogen-bond donors (Lipinski definition) is 0. The van der Waals surface area contributed by atoms with Crippen molar-refractivity contribution in [3.8, 4) is 0 Å². The number of nitrogens with zero attached hydrogens (tertiary/aromatic N) is 2. The number of carbonyl (C=O) groups excluding carboxylic acids is 1. The summed E-state index contributed by atoms with van der Waals surface area (Å²) in [6, 6.07) is 1.81. The number of alkyl halides is 6. The van der Waals surface area contributed by atoms with E-state index in [1.165, 1.54) is 11.8 Å². The molecule has 180 valence electrons. The summed E-state index contributed by atoms with van der Waals surface area (Å²) in [6.07, 6.45) is -10.6. The summed E-state index contributed by atoms with van der Waals surface area (Å²) < 4.78 is 109. The van der Waals surface area contributed by atoms with Gasteiger partial charge >= 0.3 is 12.4 Å². The second kappa shape index (κ2) is 9.00. The van der Waals surface area contributed by atoms with Crippen LogP contribution in [-0.4, -0.2) is 25.5 Å². The van der Waals surface area contributed by atoms with Crippen LogP contribution in [0.3, 0.4) is 0 Å². The highest BCUT2D eigenvalue weighted by molar-refractivity contribution is 6.31. The highest BCUT2D eigenvalue weighted by atomic mass is 35.5. The third-order valence-corrected chi connectivity index (χ3v) is 5.57. The second-order valence-corrected chi connectivity index (χ2v) is 7.80. The predicted molar refractivity (Wildman–Crippen MR) is 106 cm³/mol. The molecule has 0 radical (unpaired) electrons. The first-order valence-corrected chi connectivity index (χ1v) is 10.1. The molecule has 33 heavy (non-hydrogen) atoms. The maximum Gasteiger partial charge on any atom is 0.416 e. The Labute approximate surface area is 188 Å². The van der Waals surface area contributed by atoms with E-state index in [4.69, 9.17) is 11.6 Å². The Bertz CT molecular complexity index is 1060. The van der Waals surface area contributed by atoms with Gasteiger partial charge in [0.15, 0.2) is 0 Å². The lowest BCUT2D eigenvalue weighted by atomic mass is 9.95. The Morgan fingerprint density at radius 2 is 1.64 bits per heavy atom. The molecular weight excluding hydrogens is 484 g/mol. The summed E-state index contributed by atoms with van der Waals surface area (Å²) in [7, 11) is 0. The molecule has 0 atom stereocenters. The zero-order chi connectivity index (χ0) is 24.7. The smallest absolute Gasteiger partial charge is 0.371 e. The highest BCUT2D eigenvalue weighted by Gasteiger charge is 2.41. The minimum absolute atomic E-state index is 0.0302. The van der Waals surface area contributed by atoms with E-state index < -0.39 is 63.7 Å². The van der Waals surface area contributed by atoms with Crippen LogP contribution in [0.15, 0.2) is 24.3 Å². The van der Waals surface area contributed by atoms with Crippen molar-refractivity contribution in [1.82, 2.24) is 0 Å². The van der Waals surface area contributed by atoms with Gasteiger partial charge in [0.1, 0.15) is 11.6 Å². The number of benzene rings is 2. The van der Waals surface area contributed by atoms with Crippen LogP contribution in [0.2, 0.25) is 5.02 Å². The quantitative estimate of drug-likeness (QED) is 0.347. The van der Waals surface area contributed by atoms with Gasteiger partial charge in [0, 0.05) is 31.4 Å². The molecule has 1 heterocycles. The Kier molecular flexibility index (Phi) is 6.84. The number of carbonyl (C=O) groups is 1. The van der Waals surface area contributed by atoms with Crippen molar-refractivity contribution in [2.24, 2.45) is 0 Å². The summed E-state index contributed by atoms with van der Waals surface area (Å²) in [5.41, 5.74) is -4.55. The summed E-state index contributed by atoms with van der Waals surface area (Å²) in [6.45, 7) is 1.64. The highest BCUT2D eigenvalue weighted by Crippen LogP contribution is 2.43. The molecule has 3 rings (SSSR count). The molecule has 0 spiro atoms. The molecule has 1 aliphatic rings. The number of amides is 1. The van der Waals surface area contributed by atoms with Crippen molar-refractivity contribution in [2.75, 3.05) is 29.4 Å². The fourth-order valence-corrected chi connectivity index (χ4v) is 3.70. The molecule has 0 N–H and O–H groups in total. The first-order valence-electron chi connectivity index (χ1n) is 9.75. The molecule has 2 aromatic carbocycles. The summed E-state index contributed by atoms with van der Waals surface area (Å²) in [5, 5.41) is -0.510. The van der Waals surface area contributed by atoms with E-state index in [0.717, 1.165) is 11.0 Å². The van der Waals surface area contributed by atoms with Crippen molar-refractivity contribution in [3.63, 3.8) is 0 Å². The van der Waals surface area contributed by atoms with Crippen LogP contribution in [-0.2, 0) is 23.6 Å². The predicted octanol–water partition coefficient (Wildman–Crippen LogP) is 6.46. The van der Waals surface area contributed by atoms with Crippen LogP contribution in [0.5, 0.6) is 0 Å². The third kappa shape index (κ3) is 5.18. The number of rotatable bonds is 5. The first kappa shape index (κ1) is 25.1. The molecular formula is C21H17ClF8N2O. The molecule has 1 saturated heterocycles. The van der Waals surface area contributed by atoms with E-state index >= 15 is 0 Å². The monoisotopic (exact) mass is 500 g/mol. The number of anilines is 2. The zero-order valence-electron chi connectivity index (χ0n) is 17.0. The molecule has 0 unspecified atom stereocenters. The minimum atomic E-state index is -5.18. The molecule has 12 heteroatoms. The molecule has 0 aliphatic carbocycles. The van der Waals surface area contributed by atoms with Crippen LogP contribution >= 0.6 is 11.6 Å². The SMILES string of the molecule is CCN(C(=O)Cc1c(N2CCC2)cc(C(F)(F)F)cc1C(F)(F)F)c1cc(Cl)c(F)cc1F. The fraction of sp³-hybridized carbons (Fsp3) is 0.381. The molecule has 1 aliphatic heterocycles. The van der Waals surface area contributed by atoms with Gasteiger partial charge in [-0.1, -0.05) is 11.6 Å². The lowest BCUT2D eigenvalue weighted by Gasteiger charge is -2.36. The number of hydrogen-bond acceptors (Lipinski definition) is 2. The van der Waals surface area contributed by atoms with Gasteiger partial charge in [-0.05, 0) is 37.1 Å². The van der Waals surface area contributed by atoms with E-state index in [1.807, 2.05) is 0 Å². The standard InChI is InChI=1S/C21H17ClF8N2O/c1-2-32(18-9-14(22)15(23)10-16(18)24)19(33)8-12-13(21(28,29)30)6-11(20(25,26)27)7-17(12)31-4-3-5-31/h6-7,9-10H,2-5,8H2,1H3. The van der Waals surface area contributed by atoms with Gasteiger partial charge in [-0.25, -0.2) is 8.78 Å². The third-order valence-electron chi connectivity index (χ3n) is 5.28. The summed E-state index contributed by atoms with van der Waals surface area (Å²) >= 11 is 5.65. The topological polar surface area (TPSA) is 23.6 Å². The summed E-state index contributed by atoms with van der Waals surface area (Å²) in [5.74, 6) is -3.28. The van der Waals surface area contributed by atoms with Gasteiger partial charge in [0.2, 0.25) is 5.91 Å².